The first-order valence-corrected chi connectivity index (χ1v) is 7.23. The number of rotatable bonds is 3. The van der Waals surface area contributed by atoms with Gasteiger partial charge in [-0.25, -0.2) is 0 Å². The third kappa shape index (κ3) is 2.43. The van der Waals surface area contributed by atoms with Gasteiger partial charge < -0.3 is 24.4 Å². The fourth-order valence-electron chi connectivity index (χ4n) is 3.38. The van der Waals surface area contributed by atoms with E-state index in [1.165, 1.54) is 0 Å². The third-order valence-electron chi connectivity index (χ3n) is 5.00. The highest BCUT2D eigenvalue weighted by Crippen LogP contribution is 2.44. The van der Waals surface area contributed by atoms with E-state index in [4.69, 9.17) is 19.3 Å². The lowest BCUT2D eigenvalue weighted by atomic mass is 9.81. The molecule has 0 amide bonds. The Hall–Kier alpha value is -0.200. The lowest BCUT2D eigenvalue weighted by Crippen LogP contribution is -2.58. The van der Waals surface area contributed by atoms with Crippen molar-refractivity contribution in [1.82, 2.24) is 0 Å². The minimum absolute atomic E-state index is 0.0202. The van der Waals surface area contributed by atoms with Crippen molar-refractivity contribution < 1.29 is 24.4 Å². The van der Waals surface area contributed by atoms with Crippen molar-refractivity contribution in [3.8, 4) is 0 Å². The Kier molecular flexibility index (Phi) is 3.38. The average Bonchev–Trinajstić information content (AvgIpc) is 3.23. The second-order valence-corrected chi connectivity index (χ2v) is 6.54. The molecule has 0 aromatic heterocycles. The molecule has 0 radical (unpaired) electrons. The highest BCUT2D eigenvalue weighted by molar-refractivity contribution is 5.01. The van der Waals surface area contributed by atoms with Crippen LogP contribution in [0.4, 0.5) is 0 Å². The Balaban J connectivity index is 1.66. The van der Waals surface area contributed by atoms with E-state index in [2.05, 4.69) is 6.92 Å². The highest BCUT2D eigenvalue weighted by Gasteiger charge is 2.53. The maximum absolute atomic E-state index is 9.90. The Morgan fingerprint density at radius 3 is 2.42 bits per heavy atom. The Morgan fingerprint density at radius 1 is 1.16 bits per heavy atom. The van der Waals surface area contributed by atoms with Crippen LogP contribution in [-0.2, 0) is 14.2 Å². The van der Waals surface area contributed by atoms with Gasteiger partial charge in [0.2, 0.25) is 0 Å². The van der Waals surface area contributed by atoms with Crippen LogP contribution >= 0.6 is 0 Å². The monoisotopic (exact) mass is 272 g/mol. The van der Waals surface area contributed by atoms with Crippen LogP contribution in [-0.4, -0.2) is 59.0 Å². The van der Waals surface area contributed by atoms with E-state index in [1.807, 2.05) is 6.92 Å². The molecular formula is C14H24O5. The second kappa shape index (κ2) is 4.67. The minimum atomic E-state index is -0.825. The zero-order valence-corrected chi connectivity index (χ0v) is 11.7. The second-order valence-electron chi connectivity index (χ2n) is 6.54. The van der Waals surface area contributed by atoms with Crippen molar-refractivity contribution in [3.05, 3.63) is 0 Å². The largest absolute Gasteiger partial charge is 0.394 e. The van der Waals surface area contributed by atoms with Crippen molar-refractivity contribution in [2.45, 2.75) is 75.1 Å². The van der Waals surface area contributed by atoms with Crippen LogP contribution < -0.4 is 0 Å². The molecule has 110 valence electrons. The van der Waals surface area contributed by atoms with Gasteiger partial charge in [-0.1, -0.05) is 0 Å². The lowest BCUT2D eigenvalue weighted by Gasteiger charge is -2.50. The maximum atomic E-state index is 9.90. The van der Waals surface area contributed by atoms with Gasteiger partial charge in [-0.15, -0.1) is 0 Å². The summed E-state index contributed by atoms with van der Waals surface area (Å²) in [6, 6.07) is 0. The summed E-state index contributed by atoms with van der Waals surface area (Å²) < 4.78 is 17.7. The first kappa shape index (κ1) is 13.8. The molecule has 5 heteroatoms. The summed E-state index contributed by atoms with van der Waals surface area (Å²) in [7, 11) is 0. The molecule has 3 saturated heterocycles. The number of hydrogen-bond acceptors (Lipinski definition) is 5. The van der Waals surface area contributed by atoms with Crippen LogP contribution in [0.1, 0.15) is 39.5 Å². The van der Waals surface area contributed by atoms with Gasteiger partial charge in [-0.2, -0.15) is 0 Å². The van der Waals surface area contributed by atoms with Crippen LogP contribution in [0, 0.1) is 0 Å². The molecule has 3 aliphatic heterocycles. The van der Waals surface area contributed by atoms with Crippen molar-refractivity contribution in [2.24, 2.45) is 0 Å². The first-order valence-electron chi connectivity index (χ1n) is 7.23. The summed E-state index contributed by atoms with van der Waals surface area (Å²) in [6.45, 7) is 4.54. The molecule has 3 aliphatic rings. The van der Waals surface area contributed by atoms with Crippen molar-refractivity contribution in [2.75, 3.05) is 13.2 Å². The van der Waals surface area contributed by atoms with E-state index in [9.17, 15) is 5.11 Å². The van der Waals surface area contributed by atoms with Crippen LogP contribution in [0.15, 0.2) is 0 Å². The average molecular weight is 272 g/mol. The van der Waals surface area contributed by atoms with Gasteiger partial charge in [-0.3, -0.25) is 0 Å². The van der Waals surface area contributed by atoms with Gasteiger partial charge in [0.05, 0.1) is 36.6 Å². The summed E-state index contributed by atoms with van der Waals surface area (Å²) in [5, 5.41) is 19.0. The number of fused-ring (bicyclic) bond motifs is 1. The first-order chi connectivity index (χ1) is 8.97. The normalized spacial score (nSPS) is 51.5. The van der Waals surface area contributed by atoms with Crippen LogP contribution in [0.25, 0.3) is 0 Å². The van der Waals surface area contributed by atoms with Gasteiger partial charge >= 0.3 is 0 Å². The van der Waals surface area contributed by atoms with Gasteiger partial charge in [-0.05, 0) is 39.5 Å². The van der Waals surface area contributed by atoms with Crippen LogP contribution in [0.2, 0.25) is 0 Å². The summed E-state index contributed by atoms with van der Waals surface area (Å²) in [5.74, 6) is 0. The van der Waals surface area contributed by atoms with E-state index in [-0.39, 0.29) is 30.5 Å². The molecule has 0 bridgehead atoms. The smallest absolute Gasteiger partial charge is 0.110 e. The van der Waals surface area contributed by atoms with Gasteiger partial charge in [0.1, 0.15) is 12.2 Å². The van der Waals surface area contributed by atoms with E-state index in [0.29, 0.717) is 6.42 Å². The Morgan fingerprint density at radius 2 is 1.79 bits per heavy atom. The molecule has 6 atom stereocenters. The molecule has 3 rings (SSSR count). The number of aliphatic hydroxyl groups is 2. The van der Waals surface area contributed by atoms with E-state index in [1.54, 1.807) is 0 Å². The number of aliphatic hydroxyl groups excluding tert-OH is 2. The number of ether oxygens (including phenoxy) is 3. The molecular weight excluding hydrogens is 248 g/mol. The molecule has 0 aromatic carbocycles. The standard InChI is InChI=1S/C14H24O5/c1-13(11(16)7-15)5-3-10-9(18-13)4-6-14(2,19-10)12-8-17-12/h9-12,15-16H,3-8H2,1-2H3/t9-,10+,11-,12+,13+,14-/m1/s1. The van der Waals surface area contributed by atoms with Gasteiger partial charge in [0, 0.05) is 0 Å². The molecule has 0 spiro atoms. The summed E-state index contributed by atoms with van der Waals surface area (Å²) in [6.07, 6.45) is 2.93. The minimum Gasteiger partial charge on any atom is -0.394 e. The molecule has 0 aliphatic carbocycles. The van der Waals surface area contributed by atoms with Crippen LogP contribution in [0.3, 0.4) is 0 Å². The third-order valence-corrected chi connectivity index (χ3v) is 5.00. The van der Waals surface area contributed by atoms with Gasteiger partial charge in [0.25, 0.3) is 0 Å². The fraction of sp³-hybridized carbons (Fsp3) is 1.00. The Labute approximate surface area is 113 Å². The molecule has 2 N–H and O–H groups in total. The molecule has 0 saturated carbocycles. The summed E-state index contributed by atoms with van der Waals surface area (Å²) >= 11 is 0. The quantitative estimate of drug-likeness (QED) is 0.737. The topological polar surface area (TPSA) is 71.5 Å². The highest BCUT2D eigenvalue weighted by atomic mass is 16.6. The lowest BCUT2D eigenvalue weighted by molar-refractivity contribution is -0.266. The van der Waals surface area contributed by atoms with Crippen molar-refractivity contribution >= 4 is 0 Å². The zero-order valence-electron chi connectivity index (χ0n) is 11.7. The fourth-order valence-corrected chi connectivity index (χ4v) is 3.38. The molecule has 5 nitrogen and oxygen atoms in total. The van der Waals surface area contributed by atoms with Crippen LogP contribution in [0.5, 0.6) is 0 Å². The zero-order chi connectivity index (χ0) is 13.7. The molecule has 3 fully saturated rings. The molecule has 19 heavy (non-hydrogen) atoms. The number of hydrogen-bond donors (Lipinski definition) is 2. The van der Waals surface area contributed by atoms with Crippen molar-refractivity contribution in [1.29, 1.82) is 0 Å². The summed E-state index contributed by atoms with van der Waals surface area (Å²) in [5.41, 5.74) is -0.822. The maximum Gasteiger partial charge on any atom is 0.110 e. The molecule has 0 unspecified atom stereocenters. The Bertz CT molecular complexity index is 345. The van der Waals surface area contributed by atoms with E-state index in [0.717, 1.165) is 25.9 Å². The van der Waals surface area contributed by atoms with E-state index < -0.39 is 11.7 Å². The summed E-state index contributed by atoms with van der Waals surface area (Å²) in [4.78, 5) is 0. The predicted molar refractivity (Wildman–Crippen MR) is 67.9 cm³/mol. The number of epoxide rings is 1. The van der Waals surface area contributed by atoms with E-state index >= 15 is 0 Å². The van der Waals surface area contributed by atoms with Crippen molar-refractivity contribution in [3.63, 3.8) is 0 Å². The predicted octanol–water partition coefficient (Wildman–Crippen LogP) is 0.614. The SMILES string of the molecule is C[C@]1([C@@H]2CO2)CC[C@H]2O[C@](C)([C@H](O)CO)CC[C@@H]2O1. The molecule has 3 heterocycles. The van der Waals surface area contributed by atoms with Gasteiger partial charge in [0.15, 0.2) is 0 Å². The molecule has 0 aromatic rings.